The maximum atomic E-state index is 5.42. The molecule has 2 aromatic heterocycles. The minimum atomic E-state index is 0.543. The third-order valence-electron chi connectivity index (χ3n) is 3.70. The Morgan fingerprint density at radius 1 is 1.40 bits per heavy atom. The van der Waals surface area contributed by atoms with Crippen LogP contribution >= 0.6 is 12.2 Å². The quantitative estimate of drug-likeness (QED) is 0.791. The van der Waals surface area contributed by atoms with Crippen molar-refractivity contribution < 1.29 is 4.74 Å². The number of imidazole rings is 1. The summed E-state index contributed by atoms with van der Waals surface area (Å²) in [5.74, 6) is 1.17. The van der Waals surface area contributed by atoms with E-state index in [0.717, 1.165) is 24.1 Å². The number of nitrogens with one attached hydrogen (secondary N) is 1. The Morgan fingerprint density at radius 2 is 2.20 bits per heavy atom. The molecule has 0 fully saturated rings. The van der Waals surface area contributed by atoms with Crippen molar-refractivity contribution in [3.05, 3.63) is 11.1 Å². The average molecular weight is 294 g/mol. The Bertz CT molecular complexity index is 619. The maximum absolute atomic E-state index is 5.42. The van der Waals surface area contributed by atoms with Crippen LogP contribution in [0.1, 0.15) is 39.5 Å². The van der Waals surface area contributed by atoms with Crippen molar-refractivity contribution in [2.75, 3.05) is 7.11 Å². The molecule has 0 aliphatic rings. The van der Waals surface area contributed by atoms with Gasteiger partial charge in [0.25, 0.3) is 0 Å². The van der Waals surface area contributed by atoms with Crippen LogP contribution in [0.5, 0.6) is 5.88 Å². The van der Waals surface area contributed by atoms with Crippen molar-refractivity contribution >= 4 is 23.4 Å². The van der Waals surface area contributed by atoms with Gasteiger partial charge in [0, 0.05) is 6.54 Å². The zero-order valence-electron chi connectivity index (χ0n) is 12.3. The molecule has 0 aromatic carbocycles. The largest absolute Gasteiger partial charge is 0.479 e. The standard InChI is InChI=1S/C14H22N4OS/c1-4-6-7-10(5-2)8-18-12-11(17-14(18)20)13(19-3)16-9-15-12/h9-10H,4-8H2,1-3H3,(H,17,20). The number of fused-ring (bicyclic) bond motifs is 1. The van der Waals surface area contributed by atoms with Crippen LogP contribution in [0.4, 0.5) is 0 Å². The number of rotatable bonds is 7. The minimum Gasteiger partial charge on any atom is -0.479 e. The molecule has 0 saturated heterocycles. The lowest BCUT2D eigenvalue weighted by atomic mass is 9.99. The molecule has 0 amide bonds. The van der Waals surface area contributed by atoms with Gasteiger partial charge >= 0.3 is 0 Å². The molecule has 2 rings (SSSR count). The van der Waals surface area contributed by atoms with Crippen molar-refractivity contribution in [2.24, 2.45) is 5.92 Å². The minimum absolute atomic E-state index is 0.543. The van der Waals surface area contributed by atoms with Gasteiger partial charge in [-0.15, -0.1) is 0 Å². The molecule has 0 radical (unpaired) electrons. The maximum Gasteiger partial charge on any atom is 0.242 e. The number of aromatic nitrogens is 4. The summed E-state index contributed by atoms with van der Waals surface area (Å²) in [7, 11) is 1.60. The number of hydrogen-bond donors (Lipinski definition) is 1. The zero-order valence-corrected chi connectivity index (χ0v) is 13.2. The molecule has 0 bridgehead atoms. The molecule has 110 valence electrons. The number of nitrogens with zero attached hydrogens (tertiary/aromatic N) is 3. The van der Waals surface area contributed by atoms with Crippen LogP contribution in [-0.4, -0.2) is 26.6 Å². The highest BCUT2D eigenvalue weighted by Gasteiger charge is 2.14. The fourth-order valence-corrected chi connectivity index (χ4v) is 2.71. The molecule has 1 atom stereocenters. The van der Waals surface area contributed by atoms with E-state index in [0.29, 0.717) is 16.6 Å². The molecular formula is C14H22N4OS. The molecule has 6 heteroatoms. The third kappa shape index (κ3) is 3.00. The number of ether oxygens (including phenoxy) is 1. The van der Waals surface area contributed by atoms with Crippen LogP contribution in [0.15, 0.2) is 6.33 Å². The van der Waals surface area contributed by atoms with Gasteiger partial charge < -0.3 is 14.3 Å². The van der Waals surface area contributed by atoms with E-state index in [1.165, 1.54) is 25.6 Å². The molecule has 0 saturated carbocycles. The molecule has 1 unspecified atom stereocenters. The number of H-pyrrole nitrogens is 1. The average Bonchev–Trinajstić information content (AvgIpc) is 2.79. The highest BCUT2D eigenvalue weighted by Crippen LogP contribution is 2.23. The normalized spacial score (nSPS) is 12.8. The van der Waals surface area contributed by atoms with Gasteiger partial charge in [-0.3, -0.25) is 0 Å². The van der Waals surface area contributed by atoms with Gasteiger partial charge in [-0.05, 0) is 24.6 Å². The summed E-state index contributed by atoms with van der Waals surface area (Å²) in [6.07, 6.45) is 6.38. The smallest absolute Gasteiger partial charge is 0.242 e. The van der Waals surface area contributed by atoms with Crippen molar-refractivity contribution in [1.82, 2.24) is 19.5 Å². The molecule has 5 nitrogen and oxygen atoms in total. The second kappa shape index (κ2) is 6.83. The molecule has 2 aromatic rings. The molecule has 1 N–H and O–H groups in total. The van der Waals surface area contributed by atoms with Crippen LogP contribution in [-0.2, 0) is 6.54 Å². The van der Waals surface area contributed by atoms with E-state index < -0.39 is 0 Å². The zero-order chi connectivity index (χ0) is 14.5. The van der Waals surface area contributed by atoms with E-state index in [2.05, 4.69) is 33.4 Å². The molecule has 2 heterocycles. The van der Waals surface area contributed by atoms with E-state index >= 15 is 0 Å². The first kappa shape index (κ1) is 15.0. The predicted molar refractivity (Wildman–Crippen MR) is 82.6 cm³/mol. The third-order valence-corrected chi connectivity index (χ3v) is 4.03. The number of unbranched alkanes of at least 4 members (excludes halogenated alkanes) is 1. The van der Waals surface area contributed by atoms with E-state index in [1.807, 2.05) is 0 Å². The second-order valence-corrected chi connectivity index (χ2v) is 5.43. The summed E-state index contributed by atoms with van der Waals surface area (Å²) < 4.78 is 8.01. The lowest BCUT2D eigenvalue weighted by Gasteiger charge is -2.15. The van der Waals surface area contributed by atoms with Crippen LogP contribution in [0.2, 0.25) is 0 Å². The van der Waals surface area contributed by atoms with Crippen LogP contribution in [0.3, 0.4) is 0 Å². The van der Waals surface area contributed by atoms with E-state index in [1.54, 1.807) is 7.11 Å². The van der Waals surface area contributed by atoms with Crippen LogP contribution in [0, 0.1) is 10.7 Å². The monoisotopic (exact) mass is 294 g/mol. The molecule has 0 aliphatic heterocycles. The van der Waals surface area contributed by atoms with Gasteiger partial charge in [0.2, 0.25) is 5.88 Å². The Morgan fingerprint density at radius 3 is 2.85 bits per heavy atom. The molecule has 0 aliphatic carbocycles. The van der Waals surface area contributed by atoms with Crippen molar-refractivity contribution in [3.8, 4) is 5.88 Å². The molecular weight excluding hydrogens is 272 g/mol. The van der Waals surface area contributed by atoms with Gasteiger partial charge in [0.1, 0.15) is 11.8 Å². The summed E-state index contributed by atoms with van der Waals surface area (Å²) >= 11 is 5.42. The van der Waals surface area contributed by atoms with Gasteiger partial charge in [-0.2, -0.15) is 4.98 Å². The SMILES string of the molecule is CCCCC(CC)Cn1c(=S)[nH]c2c(OC)ncnc21. The first-order valence-corrected chi connectivity index (χ1v) is 7.59. The Kier molecular flexibility index (Phi) is 5.11. The highest BCUT2D eigenvalue weighted by molar-refractivity contribution is 7.71. The summed E-state index contributed by atoms with van der Waals surface area (Å²) in [4.78, 5) is 11.6. The summed E-state index contributed by atoms with van der Waals surface area (Å²) in [6, 6.07) is 0. The van der Waals surface area contributed by atoms with Gasteiger partial charge in [-0.25, -0.2) is 4.98 Å². The lowest BCUT2D eigenvalue weighted by molar-refractivity contribution is 0.392. The number of hydrogen-bond acceptors (Lipinski definition) is 4. The fourth-order valence-electron chi connectivity index (χ4n) is 2.45. The Labute approximate surface area is 124 Å². The Balaban J connectivity index is 2.34. The molecule has 0 spiro atoms. The van der Waals surface area contributed by atoms with Gasteiger partial charge in [0.15, 0.2) is 10.4 Å². The fraction of sp³-hybridized carbons (Fsp3) is 0.643. The van der Waals surface area contributed by atoms with Crippen molar-refractivity contribution in [2.45, 2.75) is 46.1 Å². The summed E-state index contributed by atoms with van der Waals surface area (Å²) in [6.45, 7) is 5.35. The van der Waals surface area contributed by atoms with Crippen LogP contribution in [0.25, 0.3) is 11.2 Å². The van der Waals surface area contributed by atoms with Crippen LogP contribution < -0.4 is 4.74 Å². The van der Waals surface area contributed by atoms with E-state index in [-0.39, 0.29) is 0 Å². The molecule has 20 heavy (non-hydrogen) atoms. The summed E-state index contributed by atoms with van der Waals surface area (Å²) in [5, 5.41) is 0. The van der Waals surface area contributed by atoms with E-state index in [4.69, 9.17) is 17.0 Å². The first-order valence-electron chi connectivity index (χ1n) is 7.18. The van der Waals surface area contributed by atoms with Gasteiger partial charge in [-0.1, -0.05) is 33.1 Å². The lowest BCUT2D eigenvalue weighted by Crippen LogP contribution is -2.11. The van der Waals surface area contributed by atoms with Gasteiger partial charge in [0.05, 0.1) is 7.11 Å². The predicted octanol–water partition coefficient (Wildman–Crippen LogP) is 3.71. The number of methoxy groups -OCH3 is 1. The number of aromatic amines is 1. The highest BCUT2D eigenvalue weighted by atomic mass is 32.1. The topological polar surface area (TPSA) is 55.7 Å². The Hall–Kier alpha value is -1.43. The second-order valence-electron chi connectivity index (χ2n) is 5.04. The first-order chi connectivity index (χ1) is 9.71. The van der Waals surface area contributed by atoms with Crippen molar-refractivity contribution in [3.63, 3.8) is 0 Å². The van der Waals surface area contributed by atoms with Crippen molar-refractivity contribution in [1.29, 1.82) is 0 Å². The van der Waals surface area contributed by atoms with E-state index in [9.17, 15) is 0 Å². The summed E-state index contributed by atoms with van der Waals surface area (Å²) in [5.41, 5.74) is 1.61.